The summed E-state index contributed by atoms with van der Waals surface area (Å²) in [5.41, 5.74) is 2.45. The molecule has 28 heavy (non-hydrogen) atoms. The summed E-state index contributed by atoms with van der Waals surface area (Å²) >= 11 is 0. The van der Waals surface area contributed by atoms with Crippen LogP contribution in [0.4, 0.5) is 0 Å². The van der Waals surface area contributed by atoms with Crippen LogP contribution in [0, 0.1) is 12.8 Å². The zero-order valence-corrected chi connectivity index (χ0v) is 17.2. The highest BCUT2D eigenvalue weighted by atomic mass is 16.5. The van der Waals surface area contributed by atoms with Crippen LogP contribution in [0.25, 0.3) is 12.2 Å². The highest BCUT2D eigenvalue weighted by Crippen LogP contribution is 2.14. The van der Waals surface area contributed by atoms with Crippen LogP contribution in [-0.4, -0.2) is 53.1 Å². The van der Waals surface area contributed by atoms with Crippen molar-refractivity contribution in [1.29, 1.82) is 0 Å². The SMILES string of the molecule is COc1ccc(CN2CCN(Cc3nc(C)c4c(n3)=CCC(C)C=4)CC2)cc1. The van der Waals surface area contributed by atoms with Crippen LogP contribution >= 0.6 is 0 Å². The molecular formula is C23H30N4O. The zero-order chi connectivity index (χ0) is 19.5. The molecule has 1 atom stereocenters. The average molecular weight is 379 g/mol. The van der Waals surface area contributed by atoms with Crippen molar-refractivity contribution in [2.75, 3.05) is 33.3 Å². The molecule has 0 amide bonds. The van der Waals surface area contributed by atoms with Gasteiger partial charge in [0.25, 0.3) is 0 Å². The molecule has 1 aliphatic heterocycles. The van der Waals surface area contributed by atoms with Crippen LogP contribution in [0.15, 0.2) is 24.3 Å². The van der Waals surface area contributed by atoms with Gasteiger partial charge in [-0.25, -0.2) is 9.97 Å². The maximum Gasteiger partial charge on any atom is 0.143 e. The van der Waals surface area contributed by atoms with Crippen LogP contribution in [-0.2, 0) is 13.1 Å². The second-order valence-corrected chi connectivity index (χ2v) is 8.01. The van der Waals surface area contributed by atoms with E-state index in [1.165, 1.54) is 10.8 Å². The molecule has 0 N–H and O–H groups in total. The molecule has 0 radical (unpaired) electrons. The van der Waals surface area contributed by atoms with Gasteiger partial charge in [-0.05, 0) is 37.0 Å². The topological polar surface area (TPSA) is 41.5 Å². The molecule has 0 bridgehead atoms. The summed E-state index contributed by atoms with van der Waals surface area (Å²) in [6.07, 6.45) is 5.66. The number of aromatic nitrogens is 2. The largest absolute Gasteiger partial charge is 0.497 e. The number of piperazine rings is 1. The molecule has 1 aromatic carbocycles. The third-order valence-electron chi connectivity index (χ3n) is 5.74. The molecule has 5 nitrogen and oxygen atoms in total. The summed E-state index contributed by atoms with van der Waals surface area (Å²) in [7, 11) is 1.71. The molecule has 2 aromatic rings. The first-order valence-electron chi connectivity index (χ1n) is 10.2. The second kappa shape index (κ2) is 8.41. The molecular weight excluding hydrogens is 348 g/mol. The van der Waals surface area contributed by atoms with E-state index in [-0.39, 0.29) is 0 Å². The van der Waals surface area contributed by atoms with E-state index in [9.17, 15) is 0 Å². The standard InChI is InChI=1S/C23H30N4O/c1-17-4-9-22-21(14-17)18(2)24-23(25-22)16-27-12-10-26(11-13-27)15-19-5-7-20(28-3)8-6-19/h5-9,14,17H,4,10-13,15-16H2,1-3H3. The Hall–Kier alpha value is -2.24. The maximum atomic E-state index is 5.24. The minimum atomic E-state index is 0.583. The number of methoxy groups -OCH3 is 1. The molecule has 1 aromatic heterocycles. The Balaban J connectivity index is 1.34. The van der Waals surface area contributed by atoms with Crippen LogP contribution in [0.2, 0.25) is 0 Å². The summed E-state index contributed by atoms with van der Waals surface area (Å²) < 4.78 is 5.24. The van der Waals surface area contributed by atoms with Gasteiger partial charge in [0.2, 0.25) is 0 Å². The number of benzene rings is 1. The van der Waals surface area contributed by atoms with Gasteiger partial charge in [0, 0.05) is 43.6 Å². The minimum absolute atomic E-state index is 0.583. The molecule has 1 saturated heterocycles. The van der Waals surface area contributed by atoms with Crippen molar-refractivity contribution in [3.8, 4) is 5.75 Å². The lowest BCUT2D eigenvalue weighted by Gasteiger charge is -2.34. The van der Waals surface area contributed by atoms with Crippen molar-refractivity contribution in [2.45, 2.75) is 33.4 Å². The molecule has 1 fully saturated rings. The summed E-state index contributed by atoms with van der Waals surface area (Å²) in [4.78, 5) is 14.6. The van der Waals surface area contributed by atoms with E-state index < -0.39 is 0 Å². The van der Waals surface area contributed by atoms with Crippen molar-refractivity contribution >= 4 is 12.2 Å². The van der Waals surface area contributed by atoms with Crippen molar-refractivity contribution < 1.29 is 4.74 Å². The lowest BCUT2D eigenvalue weighted by Crippen LogP contribution is -2.46. The van der Waals surface area contributed by atoms with E-state index >= 15 is 0 Å². The smallest absolute Gasteiger partial charge is 0.143 e. The molecule has 4 rings (SSSR count). The Bertz CT molecular complexity index is 930. The van der Waals surface area contributed by atoms with Gasteiger partial charge >= 0.3 is 0 Å². The molecule has 1 aliphatic carbocycles. The highest BCUT2D eigenvalue weighted by Gasteiger charge is 2.18. The third kappa shape index (κ3) is 4.42. The highest BCUT2D eigenvalue weighted by molar-refractivity contribution is 5.39. The number of fused-ring (bicyclic) bond motifs is 1. The zero-order valence-electron chi connectivity index (χ0n) is 17.2. The van der Waals surface area contributed by atoms with Crippen LogP contribution in [0.1, 0.15) is 30.4 Å². The van der Waals surface area contributed by atoms with Gasteiger partial charge in [-0.3, -0.25) is 9.80 Å². The minimum Gasteiger partial charge on any atom is -0.497 e. The van der Waals surface area contributed by atoms with Gasteiger partial charge in [0.05, 0.1) is 19.0 Å². The van der Waals surface area contributed by atoms with E-state index in [4.69, 9.17) is 14.7 Å². The number of hydrogen-bond donors (Lipinski definition) is 0. The fraction of sp³-hybridized carbons (Fsp3) is 0.478. The van der Waals surface area contributed by atoms with Crippen LogP contribution in [0.5, 0.6) is 5.75 Å². The Morgan fingerprint density at radius 2 is 1.68 bits per heavy atom. The van der Waals surface area contributed by atoms with Crippen molar-refractivity contribution in [3.05, 3.63) is 51.9 Å². The summed E-state index contributed by atoms with van der Waals surface area (Å²) in [5, 5.41) is 2.35. The number of aryl methyl sites for hydroxylation is 1. The summed E-state index contributed by atoms with van der Waals surface area (Å²) in [6.45, 7) is 10.5. The van der Waals surface area contributed by atoms with Crippen LogP contribution < -0.4 is 15.3 Å². The summed E-state index contributed by atoms with van der Waals surface area (Å²) in [5.74, 6) is 2.46. The van der Waals surface area contributed by atoms with Gasteiger partial charge < -0.3 is 4.74 Å². The Kier molecular flexibility index (Phi) is 5.74. The van der Waals surface area contributed by atoms with E-state index in [0.717, 1.165) is 68.3 Å². The first kappa shape index (κ1) is 19.1. The lowest BCUT2D eigenvalue weighted by atomic mass is 10.0. The Morgan fingerprint density at radius 3 is 2.36 bits per heavy atom. The maximum absolute atomic E-state index is 5.24. The Labute approximate surface area is 167 Å². The monoisotopic (exact) mass is 378 g/mol. The average Bonchev–Trinajstić information content (AvgIpc) is 2.71. The fourth-order valence-corrected chi connectivity index (χ4v) is 4.04. The second-order valence-electron chi connectivity index (χ2n) is 8.01. The van der Waals surface area contributed by atoms with Gasteiger partial charge in [0.1, 0.15) is 11.6 Å². The number of rotatable bonds is 5. The predicted molar refractivity (Wildman–Crippen MR) is 112 cm³/mol. The molecule has 148 valence electrons. The van der Waals surface area contributed by atoms with Gasteiger partial charge in [-0.1, -0.05) is 31.2 Å². The normalized spacial score (nSPS) is 20.2. The molecule has 2 heterocycles. The van der Waals surface area contributed by atoms with Crippen molar-refractivity contribution in [2.24, 2.45) is 5.92 Å². The van der Waals surface area contributed by atoms with Gasteiger partial charge in [-0.15, -0.1) is 0 Å². The first-order valence-corrected chi connectivity index (χ1v) is 10.2. The fourth-order valence-electron chi connectivity index (χ4n) is 4.04. The number of ether oxygens (including phenoxy) is 1. The van der Waals surface area contributed by atoms with Gasteiger partial charge in [-0.2, -0.15) is 0 Å². The van der Waals surface area contributed by atoms with Crippen molar-refractivity contribution in [3.63, 3.8) is 0 Å². The predicted octanol–water partition coefficient (Wildman–Crippen LogP) is 1.71. The molecule has 2 aliphatic rings. The third-order valence-corrected chi connectivity index (χ3v) is 5.74. The number of nitrogens with zero attached hydrogens (tertiary/aromatic N) is 4. The van der Waals surface area contributed by atoms with E-state index in [0.29, 0.717) is 5.92 Å². The van der Waals surface area contributed by atoms with Crippen LogP contribution in [0.3, 0.4) is 0 Å². The Morgan fingerprint density at radius 1 is 1.00 bits per heavy atom. The lowest BCUT2D eigenvalue weighted by molar-refractivity contribution is 0.119. The van der Waals surface area contributed by atoms with Gasteiger partial charge in [0.15, 0.2) is 0 Å². The van der Waals surface area contributed by atoms with E-state index in [1.54, 1.807) is 7.11 Å². The molecule has 1 unspecified atom stereocenters. The summed E-state index contributed by atoms with van der Waals surface area (Å²) in [6, 6.07) is 8.39. The first-order chi connectivity index (χ1) is 13.6. The van der Waals surface area contributed by atoms with E-state index in [2.05, 4.69) is 47.9 Å². The molecule has 0 spiro atoms. The van der Waals surface area contributed by atoms with Crippen molar-refractivity contribution in [1.82, 2.24) is 19.8 Å². The quantitative estimate of drug-likeness (QED) is 0.792. The molecule has 0 saturated carbocycles. The molecule has 5 heteroatoms. The number of hydrogen-bond acceptors (Lipinski definition) is 5. The van der Waals surface area contributed by atoms with E-state index in [1.807, 2.05) is 12.1 Å².